The fourth-order valence-electron chi connectivity index (χ4n) is 3.58. The van der Waals surface area contributed by atoms with E-state index in [1.54, 1.807) is 0 Å². The smallest absolute Gasteiger partial charge is 0.275 e. The van der Waals surface area contributed by atoms with E-state index in [0.29, 0.717) is 17.7 Å². The monoisotopic (exact) mass is 270 g/mol. The van der Waals surface area contributed by atoms with Gasteiger partial charge in [0.15, 0.2) is 5.69 Å². The number of hydrogen-bond donors (Lipinski definition) is 2. The van der Waals surface area contributed by atoms with Crippen LogP contribution in [0.1, 0.15) is 23.3 Å². The quantitative estimate of drug-likeness (QED) is 0.823. The molecule has 2 unspecified atom stereocenters. The number of piperidine rings is 1. The molecular formula is C15H18N4O. The third kappa shape index (κ3) is 1.73. The molecular weight excluding hydrogens is 252 g/mol. The van der Waals surface area contributed by atoms with Crippen LogP contribution in [0.4, 0.5) is 0 Å². The van der Waals surface area contributed by atoms with Crippen LogP contribution in [0.2, 0.25) is 0 Å². The maximum absolute atomic E-state index is 12.8. The van der Waals surface area contributed by atoms with E-state index in [9.17, 15) is 4.79 Å². The lowest BCUT2D eigenvalue weighted by Crippen LogP contribution is -2.48. The summed E-state index contributed by atoms with van der Waals surface area (Å²) >= 11 is 0. The van der Waals surface area contributed by atoms with Gasteiger partial charge in [-0.2, -0.15) is 5.10 Å². The third-order valence-electron chi connectivity index (χ3n) is 4.61. The fourth-order valence-corrected chi connectivity index (χ4v) is 3.58. The number of fused-ring (bicyclic) bond motifs is 2. The summed E-state index contributed by atoms with van der Waals surface area (Å²) < 4.78 is 0. The SMILES string of the molecule is O=C(c1n[nH]c2ccccc12)N1CCCC2CNCC21. The van der Waals surface area contributed by atoms with Gasteiger partial charge in [0.05, 0.1) is 5.52 Å². The number of benzene rings is 1. The summed E-state index contributed by atoms with van der Waals surface area (Å²) in [5.74, 6) is 0.679. The second-order valence-corrected chi connectivity index (χ2v) is 5.74. The van der Waals surface area contributed by atoms with E-state index in [-0.39, 0.29) is 5.91 Å². The lowest BCUT2D eigenvalue weighted by Gasteiger charge is -2.36. The van der Waals surface area contributed by atoms with Crippen molar-refractivity contribution in [1.29, 1.82) is 0 Å². The molecule has 2 N–H and O–H groups in total. The molecule has 1 amide bonds. The van der Waals surface area contributed by atoms with Crippen molar-refractivity contribution in [2.75, 3.05) is 19.6 Å². The molecule has 104 valence electrons. The number of carbonyl (C=O) groups is 1. The van der Waals surface area contributed by atoms with Gasteiger partial charge in [-0.05, 0) is 24.8 Å². The number of carbonyl (C=O) groups excluding carboxylic acids is 1. The number of hydrogen-bond acceptors (Lipinski definition) is 3. The number of rotatable bonds is 1. The Labute approximate surface area is 117 Å². The number of nitrogens with one attached hydrogen (secondary N) is 2. The van der Waals surface area contributed by atoms with Crippen LogP contribution < -0.4 is 5.32 Å². The standard InChI is InChI=1S/C15H18N4O/c20-15(14-11-5-1-2-6-12(11)17-18-14)19-7-3-4-10-8-16-9-13(10)19/h1-2,5-6,10,13,16H,3-4,7-9H2,(H,17,18). The average molecular weight is 270 g/mol. The molecule has 0 aliphatic carbocycles. The Morgan fingerprint density at radius 2 is 2.20 bits per heavy atom. The highest BCUT2D eigenvalue weighted by molar-refractivity contribution is 6.04. The van der Waals surface area contributed by atoms with Crippen molar-refractivity contribution in [1.82, 2.24) is 20.4 Å². The first kappa shape index (κ1) is 11.9. The summed E-state index contributed by atoms with van der Waals surface area (Å²) in [4.78, 5) is 14.9. The van der Waals surface area contributed by atoms with Crippen molar-refractivity contribution >= 4 is 16.8 Å². The lowest BCUT2D eigenvalue weighted by molar-refractivity contribution is 0.0570. The van der Waals surface area contributed by atoms with Crippen LogP contribution in [0.3, 0.4) is 0 Å². The molecule has 0 spiro atoms. The van der Waals surface area contributed by atoms with Crippen molar-refractivity contribution < 1.29 is 4.79 Å². The van der Waals surface area contributed by atoms with Gasteiger partial charge in [-0.3, -0.25) is 9.89 Å². The molecule has 0 bridgehead atoms. The first-order valence-corrected chi connectivity index (χ1v) is 7.29. The first-order chi connectivity index (χ1) is 9.84. The lowest BCUT2D eigenvalue weighted by atomic mass is 9.91. The summed E-state index contributed by atoms with van der Waals surface area (Å²) in [7, 11) is 0. The van der Waals surface area contributed by atoms with Gasteiger partial charge in [-0.15, -0.1) is 0 Å². The van der Waals surface area contributed by atoms with E-state index in [1.165, 1.54) is 6.42 Å². The van der Waals surface area contributed by atoms with Crippen LogP contribution in [0.5, 0.6) is 0 Å². The Morgan fingerprint density at radius 3 is 3.15 bits per heavy atom. The van der Waals surface area contributed by atoms with Crippen LogP contribution in [0.25, 0.3) is 10.9 Å². The van der Waals surface area contributed by atoms with Crippen LogP contribution in [-0.2, 0) is 0 Å². The molecule has 1 aromatic heterocycles. The topological polar surface area (TPSA) is 61.0 Å². The fraction of sp³-hybridized carbons (Fsp3) is 0.467. The van der Waals surface area contributed by atoms with E-state index in [0.717, 1.165) is 37.0 Å². The third-order valence-corrected chi connectivity index (χ3v) is 4.61. The maximum atomic E-state index is 12.8. The van der Waals surface area contributed by atoms with Gasteiger partial charge >= 0.3 is 0 Å². The molecule has 2 fully saturated rings. The molecule has 2 aromatic rings. The largest absolute Gasteiger partial charge is 0.333 e. The number of nitrogens with zero attached hydrogens (tertiary/aromatic N) is 2. The van der Waals surface area contributed by atoms with Gasteiger partial charge in [0.1, 0.15) is 0 Å². The van der Waals surface area contributed by atoms with Crippen molar-refractivity contribution in [3.05, 3.63) is 30.0 Å². The Kier molecular flexibility index (Phi) is 2.73. The van der Waals surface area contributed by atoms with Crippen LogP contribution >= 0.6 is 0 Å². The normalized spacial score (nSPS) is 25.9. The summed E-state index contributed by atoms with van der Waals surface area (Å²) in [5, 5.41) is 11.5. The van der Waals surface area contributed by atoms with Crippen molar-refractivity contribution in [2.24, 2.45) is 5.92 Å². The minimum Gasteiger partial charge on any atom is -0.333 e. The molecule has 0 saturated carbocycles. The zero-order chi connectivity index (χ0) is 13.5. The second kappa shape index (κ2) is 4.59. The Hall–Kier alpha value is -1.88. The molecule has 4 rings (SSSR count). The van der Waals surface area contributed by atoms with Crippen LogP contribution in [0.15, 0.2) is 24.3 Å². The Bertz CT molecular complexity index is 650. The highest BCUT2D eigenvalue weighted by Gasteiger charge is 2.38. The van der Waals surface area contributed by atoms with Gasteiger partial charge in [-0.25, -0.2) is 0 Å². The zero-order valence-corrected chi connectivity index (χ0v) is 11.3. The molecule has 2 aliphatic rings. The van der Waals surface area contributed by atoms with E-state index in [1.807, 2.05) is 29.2 Å². The predicted molar refractivity (Wildman–Crippen MR) is 76.5 cm³/mol. The molecule has 20 heavy (non-hydrogen) atoms. The molecule has 0 radical (unpaired) electrons. The zero-order valence-electron chi connectivity index (χ0n) is 11.3. The number of likely N-dealkylation sites (tertiary alicyclic amines) is 1. The van der Waals surface area contributed by atoms with Crippen molar-refractivity contribution in [3.8, 4) is 0 Å². The molecule has 2 saturated heterocycles. The van der Waals surface area contributed by atoms with Crippen LogP contribution in [-0.4, -0.2) is 46.7 Å². The highest BCUT2D eigenvalue weighted by atomic mass is 16.2. The minimum atomic E-state index is 0.0702. The molecule has 3 heterocycles. The summed E-state index contributed by atoms with van der Waals surface area (Å²) in [6.45, 7) is 2.80. The van der Waals surface area contributed by atoms with Gasteiger partial charge < -0.3 is 10.2 Å². The second-order valence-electron chi connectivity index (χ2n) is 5.74. The van der Waals surface area contributed by atoms with Crippen molar-refractivity contribution in [2.45, 2.75) is 18.9 Å². The maximum Gasteiger partial charge on any atom is 0.275 e. The molecule has 5 nitrogen and oxygen atoms in total. The van der Waals surface area contributed by atoms with Gasteiger partial charge in [-0.1, -0.05) is 18.2 Å². The Balaban J connectivity index is 1.69. The van der Waals surface area contributed by atoms with E-state index in [4.69, 9.17) is 0 Å². The molecule has 2 aliphatic heterocycles. The van der Waals surface area contributed by atoms with E-state index < -0.39 is 0 Å². The number of aromatic nitrogens is 2. The number of para-hydroxylation sites is 1. The van der Waals surface area contributed by atoms with Gasteiger partial charge in [0.2, 0.25) is 0 Å². The first-order valence-electron chi connectivity index (χ1n) is 7.29. The van der Waals surface area contributed by atoms with E-state index in [2.05, 4.69) is 15.5 Å². The summed E-state index contributed by atoms with van der Waals surface area (Å²) in [5.41, 5.74) is 1.49. The van der Waals surface area contributed by atoms with Gasteiger partial charge in [0.25, 0.3) is 5.91 Å². The number of H-pyrrole nitrogens is 1. The van der Waals surface area contributed by atoms with Crippen molar-refractivity contribution in [3.63, 3.8) is 0 Å². The predicted octanol–water partition coefficient (Wildman–Crippen LogP) is 1.39. The summed E-state index contributed by atoms with van der Waals surface area (Å²) in [6.07, 6.45) is 2.32. The minimum absolute atomic E-state index is 0.0702. The van der Waals surface area contributed by atoms with Gasteiger partial charge in [0, 0.05) is 31.1 Å². The molecule has 1 aromatic carbocycles. The average Bonchev–Trinajstić information content (AvgIpc) is 3.12. The Morgan fingerprint density at radius 1 is 1.30 bits per heavy atom. The van der Waals surface area contributed by atoms with E-state index >= 15 is 0 Å². The number of amides is 1. The number of aromatic amines is 1. The van der Waals surface area contributed by atoms with Crippen LogP contribution in [0, 0.1) is 5.92 Å². The molecule has 5 heteroatoms. The summed E-state index contributed by atoms with van der Waals surface area (Å²) in [6, 6.07) is 8.15. The highest BCUT2D eigenvalue weighted by Crippen LogP contribution is 2.28. The molecule has 2 atom stereocenters.